The average Bonchev–Trinajstić information content (AvgIpc) is 2.25. The van der Waals surface area contributed by atoms with E-state index in [-0.39, 0.29) is 0 Å². The maximum absolute atomic E-state index is 3.89. The summed E-state index contributed by atoms with van der Waals surface area (Å²) < 4.78 is 0. The van der Waals surface area contributed by atoms with E-state index in [2.05, 4.69) is 46.4 Å². The molecule has 1 saturated carbocycles. The molecular formula is C16H28. The zero-order valence-corrected chi connectivity index (χ0v) is 11.5. The zero-order valence-electron chi connectivity index (χ0n) is 11.5. The van der Waals surface area contributed by atoms with E-state index in [1.165, 1.54) is 19.3 Å². The summed E-state index contributed by atoms with van der Waals surface area (Å²) in [5, 5.41) is 0. The molecule has 0 heterocycles. The molecule has 0 bridgehead atoms. The lowest BCUT2D eigenvalue weighted by Crippen LogP contribution is -2.28. The Morgan fingerprint density at radius 3 is 2.56 bits per heavy atom. The maximum Gasteiger partial charge on any atom is -0.0139 e. The van der Waals surface area contributed by atoms with Crippen LogP contribution in [0.2, 0.25) is 0 Å². The lowest BCUT2D eigenvalue weighted by molar-refractivity contribution is 0.168. The number of allylic oxidation sites excluding steroid dienone is 3. The van der Waals surface area contributed by atoms with Crippen LogP contribution in [0.5, 0.6) is 0 Å². The molecule has 0 amide bonds. The third kappa shape index (κ3) is 3.23. The van der Waals surface area contributed by atoms with E-state index in [0.717, 1.165) is 30.1 Å². The van der Waals surface area contributed by atoms with Gasteiger partial charge >= 0.3 is 0 Å². The molecule has 16 heavy (non-hydrogen) atoms. The lowest BCUT2D eigenvalue weighted by Gasteiger charge is -2.38. The van der Waals surface area contributed by atoms with Crippen LogP contribution >= 0.6 is 0 Å². The van der Waals surface area contributed by atoms with Crippen LogP contribution < -0.4 is 0 Å². The fraction of sp³-hybridized carbons (Fsp3) is 0.750. The molecule has 0 aromatic carbocycles. The van der Waals surface area contributed by atoms with Crippen molar-refractivity contribution in [2.75, 3.05) is 0 Å². The van der Waals surface area contributed by atoms with Crippen molar-refractivity contribution in [3.63, 3.8) is 0 Å². The summed E-state index contributed by atoms with van der Waals surface area (Å²) in [6, 6.07) is 0. The molecule has 3 atom stereocenters. The van der Waals surface area contributed by atoms with Crippen molar-refractivity contribution in [2.45, 2.75) is 53.4 Å². The first-order chi connectivity index (χ1) is 7.60. The Morgan fingerprint density at radius 2 is 2.06 bits per heavy atom. The molecular weight excluding hydrogens is 192 g/mol. The summed E-state index contributed by atoms with van der Waals surface area (Å²) >= 11 is 0. The van der Waals surface area contributed by atoms with E-state index in [9.17, 15) is 0 Å². The Balaban J connectivity index is 2.81. The Kier molecular flexibility index (Phi) is 5.31. The molecule has 1 aliphatic carbocycles. The predicted molar refractivity (Wildman–Crippen MR) is 73.4 cm³/mol. The molecule has 1 fully saturated rings. The normalized spacial score (nSPS) is 31.8. The van der Waals surface area contributed by atoms with Crippen molar-refractivity contribution in [2.24, 2.45) is 23.7 Å². The quantitative estimate of drug-likeness (QED) is 0.570. The number of rotatable bonds is 4. The molecule has 0 spiro atoms. The molecule has 3 unspecified atom stereocenters. The molecule has 0 aromatic rings. The summed E-state index contributed by atoms with van der Waals surface area (Å²) in [5.41, 5.74) is 1.63. The first-order valence-corrected chi connectivity index (χ1v) is 6.86. The molecule has 0 nitrogen and oxygen atoms in total. The van der Waals surface area contributed by atoms with E-state index in [1.54, 1.807) is 5.57 Å². The van der Waals surface area contributed by atoms with Crippen LogP contribution in [-0.2, 0) is 0 Å². The van der Waals surface area contributed by atoms with Crippen molar-refractivity contribution in [3.05, 3.63) is 24.3 Å². The largest absolute Gasteiger partial charge is 0.103 e. The topological polar surface area (TPSA) is 0 Å². The SMILES string of the molecule is C=CC/C(=C/C)C1CC(C)CCC1C(C)C. The first-order valence-electron chi connectivity index (χ1n) is 6.86. The summed E-state index contributed by atoms with van der Waals surface area (Å²) in [6.45, 7) is 13.3. The van der Waals surface area contributed by atoms with Gasteiger partial charge in [-0.1, -0.05) is 44.9 Å². The minimum absolute atomic E-state index is 0.812. The van der Waals surface area contributed by atoms with Crippen LogP contribution in [0.1, 0.15) is 53.4 Å². The van der Waals surface area contributed by atoms with Crippen LogP contribution in [0.3, 0.4) is 0 Å². The highest BCUT2D eigenvalue weighted by molar-refractivity contribution is 5.12. The zero-order chi connectivity index (χ0) is 12.1. The van der Waals surface area contributed by atoms with Gasteiger partial charge in [-0.15, -0.1) is 6.58 Å². The molecule has 1 rings (SSSR count). The van der Waals surface area contributed by atoms with Gasteiger partial charge in [-0.05, 0) is 49.9 Å². The van der Waals surface area contributed by atoms with Gasteiger partial charge in [0.25, 0.3) is 0 Å². The maximum atomic E-state index is 3.89. The van der Waals surface area contributed by atoms with E-state index in [1.807, 2.05) is 0 Å². The molecule has 0 aliphatic heterocycles. The third-order valence-electron chi connectivity index (χ3n) is 4.25. The smallest absolute Gasteiger partial charge is 0.0139 e. The Labute approximate surface area is 102 Å². The summed E-state index contributed by atoms with van der Waals surface area (Å²) in [5.74, 6) is 3.42. The van der Waals surface area contributed by atoms with Gasteiger partial charge in [0.1, 0.15) is 0 Å². The van der Waals surface area contributed by atoms with Gasteiger partial charge in [-0.3, -0.25) is 0 Å². The van der Waals surface area contributed by atoms with E-state index in [0.29, 0.717) is 0 Å². The van der Waals surface area contributed by atoms with Gasteiger partial charge < -0.3 is 0 Å². The second-order valence-corrected chi connectivity index (χ2v) is 5.79. The average molecular weight is 220 g/mol. The molecule has 0 radical (unpaired) electrons. The fourth-order valence-corrected chi connectivity index (χ4v) is 3.28. The van der Waals surface area contributed by atoms with Gasteiger partial charge in [-0.25, -0.2) is 0 Å². The third-order valence-corrected chi connectivity index (χ3v) is 4.25. The van der Waals surface area contributed by atoms with Crippen LogP contribution in [0.25, 0.3) is 0 Å². The lowest BCUT2D eigenvalue weighted by atomic mass is 9.67. The van der Waals surface area contributed by atoms with Crippen LogP contribution in [0.4, 0.5) is 0 Å². The van der Waals surface area contributed by atoms with E-state index < -0.39 is 0 Å². The minimum Gasteiger partial charge on any atom is -0.103 e. The van der Waals surface area contributed by atoms with Gasteiger partial charge in [0.15, 0.2) is 0 Å². The van der Waals surface area contributed by atoms with Crippen LogP contribution in [-0.4, -0.2) is 0 Å². The van der Waals surface area contributed by atoms with E-state index >= 15 is 0 Å². The number of hydrogen-bond acceptors (Lipinski definition) is 0. The molecule has 1 aliphatic rings. The van der Waals surface area contributed by atoms with Crippen molar-refractivity contribution < 1.29 is 0 Å². The van der Waals surface area contributed by atoms with Gasteiger partial charge in [-0.2, -0.15) is 0 Å². The Morgan fingerprint density at radius 1 is 1.38 bits per heavy atom. The highest BCUT2D eigenvalue weighted by atomic mass is 14.4. The summed E-state index contributed by atoms with van der Waals surface area (Å²) in [6.07, 6.45) is 9.70. The van der Waals surface area contributed by atoms with E-state index in [4.69, 9.17) is 0 Å². The fourth-order valence-electron chi connectivity index (χ4n) is 3.28. The van der Waals surface area contributed by atoms with Gasteiger partial charge in [0.2, 0.25) is 0 Å². The summed E-state index contributed by atoms with van der Waals surface area (Å²) in [4.78, 5) is 0. The second kappa shape index (κ2) is 6.27. The first kappa shape index (κ1) is 13.5. The summed E-state index contributed by atoms with van der Waals surface area (Å²) in [7, 11) is 0. The molecule has 0 saturated heterocycles. The Hall–Kier alpha value is -0.520. The highest BCUT2D eigenvalue weighted by Crippen LogP contribution is 2.42. The van der Waals surface area contributed by atoms with Crippen LogP contribution in [0.15, 0.2) is 24.3 Å². The second-order valence-electron chi connectivity index (χ2n) is 5.79. The van der Waals surface area contributed by atoms with Crippen molar-refractivity contribution in [1.29, 1.82) is 0 Å². The van der Waals surface area contributed by atoms with Crippen molar-refractivity contribution >= 4 is 0 Å². The Bertz CT molecular complexity index is 247. The van der Waals surface area contributed by atoms with Gasteiger partial charge in [0, 0.05) is 0 Å². The standard InChI is InChI=1S/C16H28/c1-6-8-14(7-2)16-11-13(5)9-10-15(16)12(3)4/h6-7,12-13,15-16H,1,8-11H2,2-5H3/b14-7-. The molecule has 0 aromatic heterocycles. The van der Waals surface area contributed by atoms with Crippen LogP contribution in [0, 0.1) is 23.7 Å². The highest BCUT2D eigenvalue weighted by Gasteiger charge is 2.31. The van der Waals surface area contributed by atoms with Gasteiger partial charge in [0.05, 0.1) is 0 Å². The monoisotopic (exact) mass is 220 g/mol. The predicted octanol–water partition coefficient (Wildman–Crippen LogP) is 5.22. The van der Waals surface area contributed by atoms with Crippen molar-refractivity contribution in [3.8, 4) is 0 Å². The van der Waals surface area contributed by atoms with Crippen molar-refractivity contribution in [1.82, 2.24) is 0 Å². The minimum atomic E-state index is 0.812. The molecule has 0 heteroatoms. The number of hydrogen-bond donors (Lipinski definition) is 0. The molecule has 92 valence electrons. The molecule has 0 N–H and O–H groups in total.